The standard InChI is InChI=1S/C21H27NO5/c1-20-19(23)16(26-11-24-3)10-13-14-9-12-5-6-15(25-4)18(27-20)17(12)21(13,20)7-8-22(14)2/h5-6,10,14,16,19,23H,7-9,11H2,1-4H3/t14-,16-,19+,20+,21-/m1/s1. The van der Waals surface area contributed by atoms with Crippen molar-refractivity contribution in [2.45, 2.75) is 49.0 Å². The Kier molecular flexibility index (Phi) is 3.70. The van der Waals surface area contributed by atoms with E-state index in [4.69, 9.17) is 18.9 Å². The number of ether oxygens (including phenoxy) is 4. The van der Waals surface area contributed by atoms with Gasteiger partial charge >= 0.3 is 0 Å². The average molecular weight is 373 g/mol. The maximum absolute atomic E-state index is 11.4. The molecule has 1 aromatic carbocycles. The number of aliphatic hydroxyl groups is 1. The van der Waals surface area contributed by atoms with Gasteiger partial charge in [0.15, 0.2) is 11.5 Å². The number of piperidine rings is 1. The molecule has 146 valence electrons. The molecule has 6 heteroatoms. The molecule has 0 unspecified atom stereocenters. The molecule has 1 spiro atoms. The van der Waals surface area contributed by atoms with Gasteiger partial charge in [-0.05, 0) is 50.6 Å². The van der Waals surface area contributed by atoms with Crippen LogP contribution < -0.4 is 9.47 Å². The van der Waals surface area contributed by atoms with Gasteiger partial charge in [0.25, 0.3) is 0 Å². The number of likely N-dealkylation sites (N-methyl/N-ethyl adjacent to an activating group) is 1. The normalized spacial score (nSPS) is 38.9. The maximum Gasteiger partial charge on any atom is 0.166 e. The first-order valence-corrected chi connectivity index (χ1v) is 9.58. The van der Waals surface area contributed by atoms with Gasteiger partial charge in [0.05, 0.1) is 12.5 Å². The summed E-state index contributed by atoms with van der Waals surface area (Å²) in [5.74, 6) is 1.52. The molecule has 2 aliphatic carbocycles. The molecule has 1 aromatic rings. The molecule has 0 amide bonds. The van der Waals surface area contributed by atoms with E-state index < -0.39 is 17.8 Å². The molecule has 4 aliphatic rings. The molecule has 5 rings (SSSR count). The van der Waals surface area contributed by atoms with E-state index in [0.717, 1.165) is 30.9 Å². The summed E-state index contributed by atoms with van der Waals surface area (Å²) in [5.41, 5.74) is 2.68. The van der Waals surface area contributed by atoms with Gasteiger partial charge in [-0.25, -0.2) is 0 Å². The van der Waals surface area contributed by atoms with Crippen LogP contribution in [0.1, 0.15) is 24.5 Å². The molecule has 1 fully saturated rings. The van der Waals surface area contributed by atoms with Crippen LogP contribution >= 0.6 is 0 Å². The van der Waals surface area contributed by atoms with Crippen molar-refractivity contribution in [3.05, 3.63) is 34.9 Å². The lowest BCUT2D eigenvalue weighted by Gasteiger charge is -2.59. The number of nitrogens with zero attached hydrogens (tertiary/aromatic N) is 1. The van der Waals surface area contributed by atoms with Crippen LogP contribution in [0.2, 0.25) is 0 Å². The highest BCUT2D eigenvalue weighted by molar-refractivity contribution is 5.67. The SMILES string of the molecule is COCO[C@@H]1C=C2[C@H]3Cc4ccc(OC)c5c4[C@]2(CCN3C)[C@@](C)(O5)[C@H]1O. The van der Waals surface area contributed by atoms with E-state index in [1.165, 1.54) is 16.7 Å². The third-order valence-corrected chi connectivity index (χ3v) is 7.25. The van der Waals surface area contributed by atoms with Gasteiger partial charge in [0, 0.05) is 18.7 Å². The molecule has 5 atom stereocenters. The van der Waals surface area contributed by atoms with Gasteiger partial charge in [-0.2, -0.15) is 0 Å². The molecule has 27 heavy (non-hydrogen) atoms. The Morgan fingerprint density at radius 3 is 2.89 bits per heavy atom. The minimum absolute atomic E-state index is 0.136. The van der Waals surface area contributed by atoms with Crippen LogP contribution in [0, 0.1) is 0 Å². The van der Waals surface area contributed by atoms with E-state index in [1.54, 1.807) is 14.2 Å². The summed E-state index contributed by atoms with van der Waals surface area (Å²) in [6.07, 6.45) is 2.71. The molecule has 2 aliphatic heterocycles. The van der Waals surface area contributed by atoms with Gasteiger partial charge in [0.1, 0.15) is 24.6 Å². The molecule has 0 aromatic heterocycles. The summed E-state index contributed by atoms with van der Waals surface area (Å²) in [7, 11) is 5.44. The van der Waals surface area contributed by atoms with Crippen molar-refractivity contribution < 1.29 is 24.1 Å². The fourth-order valence-corrected chi connectivity index (χ4v) is 5.93. The van der Waals surface area contributed by atoms with E-state index in [-0.39, 0.29) is 18.2 Å². The predicted octanol–water partition coefficient (Wildman–Crippen LogP) is 1.63. The molecular weight excluding hydrogens is 346 g/mol. The third-order valence-electron chi connectivity index (χ3n) is 7.25. The minimum Gasteiger partial charge on any atom is -0.493 e. The van der Waals surface area contributed by atoms with Crippen LogP contribution in [0.4, 0.5) is 0 Å². The summed E-state index contributed by atoms with van der Waals surface area (Å²) in [5, 5.41) is 11.4. The van der Waals surface area contributed by atoms with E-state index in [0.29, 0.717) is 0 Å². The monoisotopic (exact) mass is 373 g/mol. The number of benzene rings is 1. The molecule has 2 heterocycles. The number of hydrogen-bond acceptors (Lipinski definition) is 6. The molecule has 1 saturated heterocycles. The van der Waals surface area contributed by atoms with Crippen molar-refractivity contribution in [1.82, 2.24) is 4.90 Å². The molecule has 0 saturated carbocycles. The summed E-state index contributed by atoms with van der Waals surface area (Å²) >= 11 is 0. The molecule has 1 N–H and O–H groups in total. The van der Waals surface area contributed by atoms with Crippen molar-refractivity contribution >= 4 is 0 Å². The smallest absolute Gasteiger partial charge is 0.166 e. The van der Waals surface area contributed by atoms with Gasteiger partial charge in [0.2, 0.25) is 0 Å². The largest absolute Gasteiger partial charge is 0.493 e. The second kappa shape index (κ2) is 5.70. The van der Waals surface area contributed by atoms with Crippen molar-refractivity contribution in [1.29, 1.82) is 0 Å². The Morgan fingerprint density at radius 1 is 1.33 bits per heavy atom. The molecular formula is C21H27NO5. The second-order valence-corrected chi connectivity index (χ2v) is 8.30. The van der Waals surface area contributed by atoms with Crippen LogP contribution in [0.15, 0.2) is 23.8 Å². The lowest BCUT2D eigenvalue weighted by molar-refractivity contribution is -0.165. The van der Waals surface area contributed by atoms with Crippen molar-refractivity contribution in [2.24, 2.45) is 0 Å². The molecule has 2 bridgehead atoms. The van der Waals surface area contributed by atoms with Crippen molar-refractivity contribution in [3.8, 4) is 11.5 Å². The first kappa shape index (κ1) is 17.5. The topological polar surface area (TPSA) is 60.4 Å². The minimum atomic E-state index is -0.804. The number of methoxy groups -OCH3 is 2. The van der Waals surface area contributed by atoms with Crippen LogP contribution in [0.5, 0.6) is 11.5 Å². The Bertz CT molecular complexity index is 823. The quantitative estimate of drug-likeness (QED) is 0.640. The van der Waals surface area contributed by atoms with Gasteiger partial charge in [-0.1, -0.05) is 12.1 Å². The van der Waals surface area contributed by atoms with Crippen LogP contribution in [-0.2, 0) is 21.3 Å². The highest BCUT2D eigenvalue weighted by Gasteiger charge is 2.70. The lowest BCUT2D eigenvalue weighted by Crippen LogP contribution is -2.70. The fraction of sp³-hybridized carbons (Fsp3) is 0.619. The van der Waals surface area contributed by atoms with Crippen molar-refractivity contribution in [2.75, 3.05) is 34.6 Å². The first-order valence-electron chi connectivity index (χ1n) is 9.58. The third kappa shape index (κ3) is 1.94. The average Bonchev–Trinajstić information content (AvgIpc) is 2.94. The number of likely N-dealkylation sites (tertiary alicyclic amines) is 1. The second-order valence-electron chi connectivity index (χ2n) is 8.30. The number of hydrogen-bond donors (Lipinski definition) is 1. The van der Waals surface area contributed by atoms with Crippen LogP contribution in [0.3, 0.4) is 0 Å². The zero-order valence-corrected chi connectivity index (χ0v) is 16.3. The fourth-order valence-electron chi connectivity index (χ4n) is 5.93. The Balaban J connectivity index is 1.77. The first-order chi connectivity index (χ1) is 13.0. The zero-order valence-electron chi connectivity index (χ0n) is 16.3. The summed E-state index contributed by atoms with van der Waals surface area (Å²) < 4.78 is 23.1. The Labute approximate surface area is 159 Å². The van der Waals surface area contributed by atoms with Gasteiger partial charge in [-0.15, -0.1) is 0 Å². The highest BCUT2D eigenvalue weighted by atomic mass is 16.7. The van der Waals surface area contributed by atoms with E-state index in [2.05, 4.69) is 24.1 Å². The lowest BCUT2D eigenvalue weighted by atomic mass is 9.51. The van der Waals surface area contributed by atoms with Crippen LogP contribution in [0.25, 0.3) is 0 Å². The molecule has 0 radical (unpaired) electrons. The number of rotatable bonds is 4. The Hall–Kier alpha value is -1.60. The predicted molar refractivity (Wildman–Crippen MR) is 99.3 cm³/mol. The number of aliphatic hydroxyl groups excluding tert-OH is 1. The summed E-state index contributed by atoms with van der Waals surface area (Å²) in [6.45, 7) is 3.13. The maximum atomic E-state index is 11.4. The highest BCUT2D eigenvalue weighted by Crippen LogP contribution is 2.66. The van der Waals surface area contributed by atoms with Crippen LogP contribution in [-0.4, -0.2) is 68.5 Å². The zero-order chi connectivity index (χ0) is 19.0. The molecule has 6 nitrogen and oxygen atoms in total. The summed E-state index contributed by atoms with van der Waals surface area (Å²) in [6, 6.07) is 4.44. The van der Waals surface area contributed by atoms with Crippen molar-refractivity contribution in [3.63, 3.8) is 0 Å². The summed E-state index contributed by atoms with van der Waals surface area (Å²) in [4.78, 5) is 2.41. The Morgan fingerprint density at radius 2 is 2.15 bits per heavy atom. The van der Waals surface area contributed by atoms with E-state index in [9.17, 15) is 5.11 Å². The van der Waals surface area contributed by atoms with E-state index >= 15 is 0 Å². The van der Waals surface area contributed by atoms with Gasteiger partial charge < -0.3 is 24.1 Å². The van der Waals surface area contributed by atoms with Gasteiger partial charge in [-0.3, -0.25) is 4.90 Å². The van der Waals surface area contributed by atoms with E-state index in [1.807, 2.05) is 13.0 Å².